The van der Waals surface area contributed by atoms with Crippen molar-refractivity contribution in [3.63, 3.8) is 0 Å². The van der Waals surface area contributed by atoms with Gasteiger partial charge in [0.2, 0.25) is 0 Å². The third-order valence-corrected chi connectivity index (χ3v) is 5.09. The van der Waals surface area contributed by atoms with Gasteiger partial charge in [-0.25, -0.2) is 0 Å². The van der Waals surface area contributed by atoms with Crippen LogP contribution in [0.5, 0.6) is 5.75 Å². The van der Waals surface area contributed by atoms with Crippen LogP contribution in [0.25, 0.3) is 0 Å². The molecule has 1 aliphatic heterocycles. The molecule has 1 aromatic rings. The van der Waals surface area contributed by atoms with Crippen LogP contribution < -0.4 is 10.5 Å². The molecule has 1 aliphatic carbocycles. The van der Waals surface area contributed by atoms with Crippen molar-refractivity contribution in [2.24, 2.45) is 23.5 Å². The number of nitrogens with two attached hydrogens (primary N) is 1. The minimum atomic E-state index is 0.584. The number of hydrogen-bond acceptors (Lipinski definition) is 2. The van der Waals surface area contributed by atoms with Crippen molar-refractivity contribution in [1.82, 2.24) is 0 Å². The van der Waals surface area contributed by atoms with Crippen LogP contribution in [0, 0.1) is 17.8 Å². The van der Waals surface area contributed by atoms with Gasteiger partial charge >= 0.3 is 0 Å². The third kappa shape index (κ3) is 2.64. The van der Waals surface area contributed by atoms with E-state index in [1.807, 2.05) is 0 Å². The van der Waals surface area contributed by atoms with Crippen molar-refractivity contribution in [1.29, 1.82) is 0 Å². The largest absolute Gasteiger partial charge is 0.493 e. The second kappa shape index (κ2) is 5.54. The fourth-order valence-corrected chi connectivity index (χ4v) is 3.95. The Balaban J connectivity index is 1.71. The first-order chi connectivity index (χ1) is 9.28. The maximum atomic E-state index is 5.98. The van der Waals surface area contributed by atoms with E-state index in [2.05, 4.69) is 31.2 Å². The molecule has 4 unspecified atom stereocenters. The molecule has 1 fully saturated rings. The average Bonchev–Trinajstić information content (AvgIpc) is 2.83. The summed E-state index contributed by atoms with van der Waals surface area (Å²) in [6, 6.07) is 8.52. The molecular formula is C17H25NO. The van der Waals surface area contributed by atoms with Crippen LogP contribution in [-0.4, -0.2) is 13.2 Å². The van der Waals surface area contributed by atoms with E-state index >= 15 is 0 Å². The van der Waals surface area contributed by atoms with E-state index in [0.717, 1.165) is 36.7 Å². The van der Waals surface area contributed by atoms with Crippen molar-refractivity contribution < 1.29 is 4.74 Å². The molecule has 0 saturated heterocycles. The lowest BCUT2D eigenvalue weighted by Crippen LogP contribution is -2.31. The Hall–Kier alpha value is -1.02. The predicted octanol–water partition coefficient (Wildman–Crippen LogP) is 3.56. The molecule has 104 valence electrons. The smallest absolute Gasteiger partial charge is 0.122 e. The summed E-state index contributed by atoms with van der Waals surface area (Å²) >= 11 is 0. The fraction of sp³-hybridized carbons (Fsp3) is 0.647. The van der Waals surface area contributed by atoms with Crippen LogP contribution in [0.3, 0.4) is 0 Å². The molecule has 1 heterocycles. The highest BCUT2D eigenvalue weighted by atomic mass is 16.5. The number of ether oxygens (including phenoxy) is 1. The van der Waals surface area contributed by atoms with Gasteiger partial charge in [0.1, 0.15) is 5.75 Å². The summed E-state index contributed by atoms with van der Waals surface area (Å²) in [5.74, 6) is 4.06. The fourth-order valence-electron chi connectivity index (χ4n) is 3.95. The molecular weight excluding hydrogens is 234 g/mol. The summed E-state index contributed by atoms with van der Waals surface area (Å²) < 4.78 is 5.82. The van der Waals surface area contributed by atoms with Gasteiger partial charge in [0, 0.05) is 11.5 Å². The van der Waals surface area contributed by atoms with Gasteiger partial charge in [-0.15, -0.1) is 0 Å². The Labute approximate surface area is 116 Å². The highest BCUT2D eigenvalue weighted by Crippen LogP contribution is 2.43. The van der Waals surface area contributed by atoms with E-state index in [-0.39, 0.29) is 0 Å². The van der Waals surface area contributed by atoms with Crippen molar-refractivity contribution in [2.45, 2.75) is 38.5 Å². The number of benzene rings is 1. The van der Waals surface area contributed by atoms with Crippen LogP contribution in [0.2, 0.25) is 0 Å². The number of para-hydroxylation sites is 1. The SMILES string of the molecule is CC1CCC(CN)C(CC2COc3ccccc32)C1. The van der Waals surface area contributed by atoms with Crippen LogP contribution in [-0.2, 0) is 0 Å². The molecule has 2 heteroatoms. The summed E-state index contributed by atoms with van der Waals surface area (Å²) in [6.07, 6.45) is 5.28. The lowest BCUT2D eigenvalue weighted by Gasteiger charge is -2.35. The molecule has 1 saturated carbocycles. The molecule has 1 aromatic carbocycles. The molecule has 2 nitrogen and oxygen atoms in total. The summed E-state index contributed by atoms with van der Waals surface area (Å²) in [6.45, 7) is 4.10. The van der Waals surface area contributed by atoms with Gasteiger partial charge in [0.15, 0.2) is 0 Å². The number of fused-ring (bicyclic) bond motifs is 1. The Morgan fingerprint density at radius 3 is 2.89 bits per heavy atom. The second-order valence-corrected chi connectivity index (χ2v) is 6.46. The van der Waals surface area contributed by atoms with Gasteiger partial charge in [-0.1, -0.05) is 31.5 Å². The lowest BCUT2D eigenvalue weighted by molar-refractivity contribution is 0.168. The van der Waals surface area contributed by atoms with Gasteiger partial charge in [-0.3, -0.25) is 0 Å². The van der Waals surface area contributed by atoms with E-state index < -0.39 is 0 Å². The zero-order valence-electron chi connectivity index (χ0n) is 11.8. The summed E-state index contributed by atoms with van der Waals surface area (Å²) in [5.41, 5.74) is 7.39. The summed E-state index contributed by atoms with van der Waals surface area (Å²) in [5, 5.41) is 0. The van der Waals surface area contributed by atoms with Gasteiger partial charge in [0.05, 0.1) is 6.61 Å². The van der Waals surface area contributed by atoms with Crippen LogP contribution in [0.15, 0.2) is 24.3 Å². The van der Waals surface area contributed by atoms with Crippen molar-refractivity contribution in [3.05, 3.63) is 29.8 Å². The molecule has 19 heavy (non-hydrogen) atoms. The molecule has 0 aromatic heterocycles. The average molecular weight is 259 g/mol. The molecule has 2 aliphatic rings. The molecule has 0 spiro atoms. The van der Waals surface area contributed by atoms with Gasteiger partial charge in [-0.05, 0) is 49.6 Å². The van der Waals surface area contributed by atoms with Crippen molar-refractivity contribution in [2.75, 3.05) is 13.2 Å². The van der Waals surface area contributed by atoms with E-state index in [9.17, 15) is 0 Å². The summed E-state index contributed by atoms with van der Waals surface area (Å²) in [7, 11) is 0. The van der Waals surface area contributed by atoms with E-state index in [0.29, 0.717) is 5.92 Å². The molecule has 2 N–H and O–H groups in total. The van der Waals surface area contributed by atoms with Gasteiger partial charge in [0.25, 0.3) is 0 Å². The van der Waals surface area contributed by atoms with Crippen LogP contribution in [0.4, 0.5) is 0 Å². The quantitative estimate of drug-likeness (QED) is 0.900. The second-order valence-electron chi connectivity index (χ2n) is 6.46. The molecule has 0 radical (unpaired) electrons. The zero-order valence-corrected chi connectivity index (χ0v) is 11.8. The highest BCUT2D eigenvalue weighted by Gasteiger charge is 2.33. The third-order valence-electron chi connectivity index (χ3n) is 5.09. The normalized spacial score (nSPS) is 33.8. The molecule has 0 bridgehead atoms. The Morgan fingerprint density at radius 1 is 1.21 bits per heavy atom. The highest BCUT2D eigenvalue weighted by molar-refractivity contribution is 5.39. The van der Waals surface area contributed by atoms with E-state index in [4.69, 9.17) is 10.5 Å². The Morgan fingerprint density at radius 2 is 2.05 bits per heavy atom. The van der Waals surface area contributed by atoms with Gasteiger partial charge < -0.3 is 10.5 Å². The van der Waals surface area contributed by atoms with Crippen molar-refractivity contribution in [3.8, 4) is 5.75 Å². The van der Waals surface area contributed by atoms with Gasteiger partial charge in [-0.2, -0.15) is 0 Å². The molecule has 0 amide bonds. The maximum absolute atomic E-state index is 5.98. The Kier molecular flexibility index (Phi) is 3.79. The first-order valence-electron chi connectivity index (χ1n) is 7.69. The minimum absolute atomic E-state index is 0.584. The van der Waals surface area contributed by atoms with E-state index in [1.54, 1.807) is 0 Å². The first kappa shape index (κ1) is 13.0. The number of hydrogen-bond donors (Lipinski definition) is 1. The maximum Gasteiger partial charge on any atom is 0.122 e. The Bertz CT molecular complexity index is 431. The predicted molar refractivity (Wildman–Crippen MR) is 78.3 cm³/mol. The number of rotatable bonds is 3. The zero-order chi connectivity index (χ0) is 13.2. The summed E-state index contributed by atoms with van der Waals surface area (Å²) in [4.78, 5) is 0. The standard InChI is InChI=1S/C17H25NO/c1-12-6-7-13(10-18)14(8-12)9-15-11-19-17-5-3-2-4-16(15)17/h2-5,12-15H,6-11,18H2,1H3. The lowest BCUT2D eigenvalue weighted by atomic mass is 9.71. The monoisotopic (exact) mass is 259 g/mol. The van der Waals surface area contributed by atoms with Crippen LogP contribution in [0.1, 0.15) is 44.1 Å². The topological polar surface area (TPSA) is 35.2 Å². The molecule has 4 atom stereocenters. The minimum Gasteiger partial charge on any atom is -0.493 e. The van der Waals surface area contributed by atoms with Crippen LogP contribution >= 0.6 is 0 Å². The molecule has 3 rings (SSSR count). The first-order valence-corrected chi connectivity index (χ1v) is 7.69. The van der Waals surface area contributed by atoms with E-state index in [1.165, 1.54) is 31.2 Å². The van der Waals surface area contributed by atoms with Crippen molar-refractivity contribution >= 4 is 0 Å².